The van der Waals surface area contributed by atoms with Crippen LogP contribution in [0.3, 0.4) is 0 Å². The average Bonchev–Trinajstić information content (AvgIpc) is 2.77. The second-order valence-electron chi connectivity index (χ2n) is 6.10. The molecule has 3 nitrogen and oxygen atoms in total. The minimum Gasteiger partial charge on any atom is -0.466 e. The fourth-order valence-electron chi connectivity index (χ4n) is 3.91. The van der Waals surface area contributed by atoms with Crippen molar-refractivity contribution in [1.82, 2.24) is 4.90 Å². The lowest BCUT2D eigenvalue weighted by atomic mass is 9.86. The number of halogens is 1. The highest BCUT2D eigenvalue weighted by molar-refractivity contribution is 9.09. The molecule has 2 aliphatic rings. The fraction of sp³-hybridized carbons (Fsp3) is 0.500. The maximum atomic E-state index is 12.4. The minimum absolute atomic E-state index is 0.166. The van der Waals surface area contributed by atoms with Crippen LogP contribution in [0.1, 0.15) is 30.4 Å². The van der Waals surface area contributed by atoms with Gasteiger partial charge < -0.3 is 4.74 Å². The highest BCUT2D eigenvalue weighted by Gasteiger charge is 2.42. The summed E-state index contributed by atoms with van der Waals surface area (Å²) in [6.07, 6.45) is 4.12. The van der Waals surface area contributed by atoms with Crippen molar-refractivity contribution in [2.45, 2.75) is 37.8 Å². The number of benzene rings is 1. The third kappa shape index (κ3) is 2.63. The maximum absolute atomic E-state index is 12.4. The Balaban J connectivity index is 2.13. The van der Waals surface area contributed by atoms with Crippen molar-refractivity contribution in [2.24, 2.45) is 0 Å². The van der Waals surface area contributed by atoms with Crippen LogP contribution in [0.5, 0.6) is 0 Å². The van der Waals surface area contributed by atoms with Crippen LogP contribution in [0, 0.1) is 0 Å². The summed E-state index contributed by atoms with van der Waals surface area (Å²) in [5.41, 5.74) is 4.61. The normalized spacial score (nSPS) is 24.7. The van der Waals surface area contributed by atoms with E-state index in [0.29, 0.717) is 6.04 Å². The van der Waals surface area contributed by atoms with Gasteiger partial charge >= 0.3 is 5.97 Å². The molecule has 0 spiro atoms. The standard InChI is InChI=1S/C18H22BrNO2/c1-20-13-7-8-16(20)17(18(21)22-2)15(11-13)14-6-4-3-5-12(14)9-10-19/h3-6,13,16H,7-11H2,1-2H3/t13-,16+/m0/s1. The number of hydrogen-bond donors (Lipinski definition) is 0. The monoisotopic (exact) mass is 363 g/mol. The van der Waals surface area contributed by atoms with Crippen LogP contribution in [0.4, 0.5) is 0 Å². The lowest BCUT2D eigenvalue weighted by Crippen LogP contribution is -2.40. The first-order valence-electron chi connectivity index (χ1n) is 7.85. The summed E-state index contributed by atoms with van der Waals surface area (Å²) in [4.78, 5) is 14.8. The molecule has 1 aromatic rings. The van der Waals surface area contributed by atoms with Crippen molar-refractivity contribution in [3.05, 3.63) is 41.0 Å². The SMILES string of the molecule is COC(=O)C1=C(c2ccccc2CCBr)C[C@@H]2CC[C@H]1N2C. The molecule has 0 unspecified atom stereocenters. The number of alkyl halides is 1. The van der Waals surface area contributed by atoms with Gasteiger partial charge in [-0.1, -0.05) is 40.2 Å². The van der Waals surface area contributed by atoms with Gasteiger partial charge in [-0.15, -0.1) is 0 Å². The second-order valence-corrected chi connectivity index (χ2v) is 6.89. The van der Waals surface area contributed by atoms with Crippen molar-refractivity contribution in [3.8, 4) is 0 Å². The van der Waals surface area contributed by atoms with Gasteiger partial charge in [0.1, 0.15) is 0 Å². The lowest BCUT2D eigenvalue weighted by Gasteiger charge is -2.34. The first-order chi connectivity index (χ1) is 10.7. The van der Waals surface area contributed by atoms with Crippen molar-refractivity contribution in [1.29, 1.82) is 0 Å². The third-order valence-corrected chi connectivity index (χ3v) is 5.45. The second kappa shape index (κ2) is 6.55. The number of ether oxygens (including phenoxy) is 1. The van der Waals surface area contributed by atoms with E-state index in [1.165, 1.54) is 23.8 Å². The van der Waals surface area contributed by atoms with Gasteiger partial charge in [0.25, 0.3) is 0 Å². The van der Waals surface area contributed by atoms with Crippen molar-refractivity contribution in [2.75, 3.05) is 19.5 Å². The van der Waals surface area contributed by atoms with Crippen LogP contribution in [-0.4, -0.2) is 42.4 Å². The molecule has 0 N–H and O–H groups in total. The molecule has 0 aromatic heterocycles. The highest BCUT2D eigenvalue weighted by Crippen LogP contribution is 2.43. The zero-order valence-corrected chi connectivity index (χ0v) is 14.7. The number of aryl methyl sites for hydroxylation is 1. The van der Waals surface area contributed by atoms with Crippen LogP contribution >= 0.6 is 15.9 Å². The fourth-order valence-corrected chi connectivity index (χ4v) is 4.34. The number of esters is 1. The zero-order valence-electron chi connectivity index (χ0n) is 13.1. The Morgan fingerprint density at radius 1 is 1.36 bits per heavy atom. The van der Waals surface area contributed by atoms with E-state index in [-0.39, 0.29) is 12.0 Å². The zero-order chi connectivity index (χ0) is 15.7. The van der Waals surface area contributed by atoms with Crippen molar-refractivity contribution in [3.63, 3.8) is 0 Å². The summed E-state index contributed by atoms with van der Waals surface area (Å²) in [5.74, 6) is -0.166. The molecular weight excluding hydrogens is 342 g/mol. The number of carbonyl (C=O) groups excluding carboxylic acids is 1. The van der Waals surface area contributed by atoms with Gasteiger partial charge in [-0.25, -0.2) is 4.79 Å². The molecule has 0 amide bonds. The molecule has 4 heteroatoms. The summed E-state index contributed by atoms with van der Waals surface area (Å²) in [5, 5.41) is 0.928. The Kier molecular flexibility index (Phi) is 4.69. The average molecular weight is 364 g/mol. The van der Waals surface area contributed by atoms with Gasteiger partial charge in [-0.2, -0.15) is 0 Å². The van der Waals surface area contributed by atoms with E-state index < -0.39 is 0 Å². The van der Waals surface area contributed by atoms with E-state index in [1.54, 1.807) is 0 Å². The molecule has 1 saturated heterocycles. The number of nitrogens with zero attached hydrogens (tertiary/aromatic N) is 1. The molecule has 2 atom stereocenters. The Hall–Kier alpha value is -1.13. The smallest absolute Gasteiger partial charge is 0.335 e. The van der Waals surface area contributed by atoms with Gasteiger partial charge in [0.2, 0.25) is 0 Å². The first kappa shape index (κ1) is 15.8. The summed E-state index contributed by atoms with van der Waals surface area (Å²) in [7, 11) is 3.62. The van der Waals surface area contributed by atoms with E-state index in [2.05, 4.69) is 52.1 Å². The molecule has 118 valence electrons. The van der Waals surface area contributed by atoms with E-state index in [4.69, 9.17) is 4.74 Å². The minimum atomic E-state index is -0.166. The van der Waals surface area contributed by atoms with E-state index in [9.17, 15) is 4.79 Å². The van der Waals surface area contributed by atoms with Crippen molar-refractivity contribution < 1.29 is 9.53 Å². The van der Waals surface area contributed by atoms with Crippen LogP contribution < -0.4 is 0 Å². The quantitative estimate of drug-likeness (QED) is 0.606. The topological polar surface area (TPSA) is 29.5 Å². The molecule has 0 radical (unpaired) electrons. The van der Waals surface area contributed by atoms with Gasteiger partial charge in [0.15, 0.2) is 0 Å². The molecule has 22 heavy (non-hydrogen) atoms. The van der Waals surface area contributed by atoms with E-state index in [1.807, 2.05) is 0 Å². The van der Waals surface area contributed by atoms with Gasteiger partial charge in [0.05, 0.1) is 12.7 Å². The number of likely N-dealkylation sites (N-methyl/N-ethyl adjacent to an activating group) is 1. The molecule has 2 bridgehead atoms. The molecular formula is C18H22BrNO2. The number of rotatable bonds is 4. The van der Waals surface area contributed by atoms with Gasteiger partial charge in [-0.05, 0) is 49.4 Å². The Labute approximate surface area is 140 Å². The predicted molar refractivity (Wildman–Crippen MR) is 92.1 cm³/mol. The molecule has 1 fully saturated rings. The first-order valence-corrected chi connectivity index (χ1v) is 8.97. The Bertz CT molecular complexity index is 611. The predicted octanol–water partition coefficient (Wildman–Crippen LogP) is 3.42. The molecule has 2 heterocycles. The summed E-state index contributed by atoms with van der Waals surface area (Å²) in [6, 6.07) is 9.21. The van der Waals surface area contributed by atoms with Crippen LogP contribution in [0.2, 0.25) is 0 Å². The number of methoxy groups -OCH3 is 1. The van der Waals surface area contributed by atoms with Crippen LogP contribution in [0.15, 0.2) is 29.8 Å². The van der Waals surface area contributed by atoms with Gasteiger partial charge in [-0.3, -0.25) is 4.90 Å². The van der Waals surface area contributed by atoms with Gasteiger partial charge in [0, 0.05) is 17.4 Å². The molecule has 2 aliphatic heterocycles. The maximum Gasteiger partial charge on any atom is 0.335 e. The van der Waals surface area contributed by atoms with Crippen molar-refractivity contribution >= 4 is 27.5 Å². The molecule has 0 saturated carbocycles. The summed E-state index contributed by atoms with van der Waals surface area (Å²) < 4.78 is 5.11. The highest BCUT2D eigenvalue weighted by atomic mass is 79.9. The van der Waals surface area contributed by atoms with E-state index in [0.717, 1.165) is 36.6 Å². The lowest BCUT2D eigenvalue weighted by molar-refractivity contribution is -0.136. The van der Waals surface area contributed by atoms with E-state index >= 15 is 0 Å². The number of fused-ring (bicyclic) bond motifs is 2. The summed E-state index contributed by atoms with van der Waals surface area (Å²) >= 11 is 3.53. The molecule has 0 aliphatic carbocycles. The Morgan fingerprint density at radius 3 is 2.86 bits per heavy atom. The number of carbonyl (C=O) groups is 1. The summed E-state index contributed by atoms with van der Waals surface area (Å²) in [6.45, 7) is 0. The van der Waals surface area contributed by atoms with Crippen LogP contribution in [-0.2, 0) is 16.0 Å². The molecule has 3 rings (SSSR count). The largest absolute Gasteiger partial charge is 0.466 e. The third-order valence-electron chi connectivity index (χ3n) is 5.05. The van der Waals surface area contributed by atoms with Crippen LogP contribution in [0.25, 0.3) is 5.57 Å². The Morgan fingerprint density at radius 2 is 2.14 bits per heavy atom. The number of hydrogen-bond acceptors (Lipinski definition) is 3. The molecule has 1 aromatic carbocycles.